The molecule has 1 fully saturated rings. The summed E-state index contributed by atoms with van der Waals surface area (Å²) in [6.45, 7) is 3.28. The van der Waals surface area contributed by atoms with Gasteiger partial charge in [0.2, 0.25) is 5.91 Å². The zero-order chi connectivity index (χ0) is 26.0. The molecule has 2 heterocycles. The third-order valence-corrected chi connectivity index (χ3v) is 7.48. The Morgan fingerprint density at radius 3 is 2.53 bits per heavy atom. The van der Waals surface area contributed by atoms with E-state index in [1.165, 1.54) is 24.5 Å². The highest BCUT2D eigenvalue weighted by Gasteiger charge is 2.33. The molecule has 0 spiro atoms. The molecule has 0 saturated carbocycles. The number of aromatic nitrogens is 2. The van der Waals surface area contributed by atoms with Crippen molar-refractivity contribution < 1.29 is 22.9 Å². The molecule has 3 amide bonds. The van der Waals surface area contributed by atoms with Crippen LogP contribution in [0.15, 0.2) is 48.8 Å². The first-order valence-corrected chi connectivity index (χ1v) is 14.0. The van der Waals surface area contributed by atoms with E-state index in [9.17, 15) is 14.2 Å². The summed E-state index contributed by atoms with van der Waals surface area (Å²) in [6.07, 6.45) is 3.29. The Hall–Kier alpha value is -3.36. The quantitative estimate of drug-likeness (QED) is 0.465. The second-order valence-corrected chi connectivity index (χ2v) is 12.2. The predicted octanol–water partition coefficient (Wildman–Crippen LogP) is 4.64. The average molecular weight is 534 g/mol. The van der Waals surface area contributed by atoms with Gasteiger partial charge in [0.15, 0.2) is 17.5 Å². The number of urea groups is 1. The van der Waals surface area contributed by atoms with Crippen LogP contribution in [0.2, 0.25) is 5.15 Å². The number of hydrogen-bond acceptors (Lipinski definition) is 5. The molecule has 0 bridgehead atoms. The molecular weight excluding hydrogens is 511 g/mol. The number of benzene rings is 2. The van der Waals surface area contributed by atoms with Crippen LogP contribution in [-0.4, -0.2) is 47.8 Å². The van der Waals surface area contributed by atoms with E-state index < -0.39 is 36.8 Å². The van der Waals surface area contributed by atoms with E-state index in [0.717, 1.165) is 4.90 Å². The van der Waals surface area contributed by atoms with Crippen LogP contribution in [0.1, 0.15) is 12.8 Å². The molecule has 2 N–H and O–H groups in total. The zero-order valence-corrected chi connectivity index (χ0v) is 21.1. The Kier molecular flexibility index (Phi) is 7.38. The molecule has 1 aliphatic rings. The van der Waals surface area contributed by atoms with Gasteiger partial charge in [-0.15, -0.1) is 0 Å². The van der Waals surface area contributed by atoms with Crippen molar-refractivity contribution in [2.75, 3.05) is 30.1 Å². The van der Waals surface area contributed by atoms with E-state index in [-0.39, 0.29) is 28.8 Å². The minimum atomic E-state index is -2.77. The van der Waals surface area contributed by atoms with E-state index in [1.54, 1.807) is 37.6 Å². The largest absolute Gasteiger partial charge is 0.326 e. The minimum Gasteiger partial charge on any atom is -0.326 e. The number of anilines is 2. The van der Waals surface area contributed by atoms with Gasteiger partial charge in [-0.3, -0.25) is 10.1 Å². The maximum absolute atomic E-state index is 15.3. The number of halogens is 3. The van der Waals surface area contributed by atoms with Crippen molar-refractivity contribution in [2.45, 2.75) is 18.9 Å². The number of nitrogens with zero attached hydrogens (tertiary/aromatic N) is 3. The number of nitrogens with one attached hydrogen (secondary N) is 2. The lowest BCUT2D eigenvalue weighted by Gasteiger charge is -2.33. The van der Waals surface area contributed by atoms with Gasteiger partial charge < -0.3 is 14.8 Å². The smallest absolute Gasteiger partial charge is 0.321 e. The molecule has 0 radical (unpaired) electrons. The normalized spacial score (nSPS) is 16.1. The highest BCUT2D eigenvalue weighted by molar-refractivity contribution is 7.70. The topological polar surface area (TPSA) is 104 Å². The molecule has 1 atom stereocenters. The summed E-state index contributed by atoms with van der Waals surface area (Å²) in [5, 5.41) is 5.57. The summed E-state index contributed by atoms with van der Waals surface area (Å²) in [5.74, 6) is -2.78. The maximum atomic E-state index is 15.3. The van der Waals surface area contributed by atoms with E-state index in [1.807, 2.05) is 0 Å². The van der Waals surface area contributed by atoms with Crippen LogP contribution in [-0.2, 0) is 9.36 Å². The number of carbonyl (C=O) groups is 2. The van der Waals surface area contributed by atoms with Crippen LogP contribution in [0.25, 0.3) is 11.1 Å². The Morgan fingerprint density at radius 1 is 1.08 bits per heavy atom. The summed E-state index contributed by atoms with van der Waals surface area (Å²) in [7, 11) is -2.77. The zero-order valence-electron chi connectivity index (χ0n) is 19.5. The third-order valence-electron chi connectivity index (χ3n) is 5.73. The standard InChI is InChI=1S/C24H23ClF2N5O3P/c1-36(2,35)18-8-4-3-6-14(18)15-9-10-17(22(27)21(15)26)32-11-5-7-16(23(32)33)30-24(34)31-20-13-28-19(25)12-29-20/h3-4,6,8-10,12-13,16H,5,7,11H2,1-2H3,(H2,29,30,31,34)/t16-/m1/s1. The summed E-state index contributed by atoms with van der Waals surface area (Å²) in [4.78, 5) is 34.2. The number of amides is 3. The lowest BCUT2D eigenvalue weighted by Crippen LogP contribution is -2.53. The van der Waals surface area contributed by atoms with Gasteiger partial charge in [-0.2, -0.15) is 0 Å². The van der Waals surface area contributed by atoms with Crippen LogP contribution >= 0.6 is 18.7 Å². The summed E-state index contributed by atoms with van der Waals surface area (Å²) >= 11 is 5.67. The monoisotopic (exact) mass is 533 g/mol. The lowest BCUT2D eigenvalue weighted by atomic mass is 10.0. The number of carbonyl (C=O) groups excluding carboxylic acids is 2. The van der Waals surface area contributed by atoms with Gasteiger partial charge >= 0.3 is 6.03 Å². The van der Waals surface area contributed by atoms with E-state index in [2.05, 4.69) is 20.6 Å². The third kappa shape index (κ3) is 5.39. The molecule has 1 aliphatic heterocycles. The van der Waals surface area contributed by atoms with Crippen molar-refractivity contribution >= 4 is 47.5 Å². The van der Waals surface area contributed by atoms with Gasteiger partial charge in [0, 0.05) is 17.4 Å². The molecule has 3 aromatic rings. The molecule has 0 aliphatic carbocycles. The van der Waals surface area contributed by atoms with E-state index in [0.29, 0.717) is 23.7 Å². The molecule has 1 saturated heterocycles. The van der Waals surface area contributed by atoms with Crippen molar-refractivity contribution in [3.05, 3.63) is 65.6 Å². The van der Waals surface area contributed by atoms with Crippen molar-refractivity contribution in [2.24, 2.45) is 0 Å². The fourth-order valence-corrected chi connectivity index (χ4v) is 5.38. The van der Waals surface area contributed by atoms with Crippen molar-refractivity contribution in [1.82, 2.24) is 15.3 Å². The predicted molar refractivity (Wildman–Crippen MR) is 135 cm³/mol. The molecule has 36 heavy (non-hydrogen) atoms. The summed E-state index contributed by atoms with van der Waals surface area (Å²) in [6, 6.07) is 7.61. The lowest BCUT2D eigenvalue weighted by molar-refractivity contribution is -0.121. The molecule has 4 rings (SSSR count). The van der Waals surface area contributed by atoms with Crippen LogP contribution in [0.5, 0.6) is 0 Å². The van der Waals surface area contributed by atoms with E-state index in [4.69, 9.17) is 11.6 Å². The highest BCUT2D eigenvalue weighted by Crippen LogP contribution is 2.40. The van der Waals surface area contributed by atoms with Gasteiger partial charge in [0.25, 0.3) is 0 Å². The molecule has 8 nitrogen and oxygen atoms in total. The molecular formula is C24H23ClF2N5O3P. The second-order valence-electron chi connectivity index (χ2n) is 8.64. The number of rotatable bonds is 5. The first-order chi connectivity index (χ1) is 17.1. The number of hydrogen-bond donors (Lipinski definition) is 2. The van der Waals surface area contributed by atoms with Crippen LogP contribution in [0, 0.1) is 11.6 Å². The minimum absolute atomic E-state index is 0.0432. The molecule has 1 aromatic heterocycles. The van der Waals surface area contributed by atoms with Crippen LogP contribution in [0.4, 0.5) is 25.1 Å². The Morgan fingerprint density at radius 2 is 1.83 bits per heavy atom. The van der Waals surface area contributed by atoms with Crippen LogP contribution in [0.3, 0.4) is 0 Å². The van der Waals surface area contributed by atoms with Gasteiger partial charge in [0.05, 0.1) is 18.1 Å². The number of piperidine rings is 1. The first-order valence-electron chi connectivity index (χ1n) is 11.1. The first kappa shape index (κ1) is 25.7. The van der Waals surface area contributed by atoms with E-state index >= 15 is 8.78 Å². The fraction of sp³-hybridized carbons (Fsp3) is 0.250. The van der Waals surface area contributed by atoms with Gasteiger partial charge in [-0.25, -0.2) is 23.5 Å². The maximum Gasteiger partial charge on any atom is 0.321 e. The van der Waals surface area contributed by atoms with Gasteiger partial charge in [-0.1, -0.05) is 35.9 Å². The molecule has 2 aromatic carbocycles. The average Bonchev–Trinajstić information content (AvgIpc) is 2.83. The fourth-order valence-electron chi connectivity index (χ4n) is 4.06. The SMILES string of the molecule is CP(C)(=O)c1ccccc1-c1ccc(N2CCC[C@@H](NC(=O)Nc3cnc(Cl)cn3)C2=O)c(F)c1F. The van der Waals surface area contributed by atoms with Crippen molar-refractivity contribution in [3.8, 4) is 11.1 Å². The van der Waals surface area contributed by atoms with Gasteiger partial charge in [-0.05, 0) is 43.9 Å². The Labute approximate surface area is 211 Å². The Balaban J connectivity index is 1.56. The second kappa shape index (κ2) is 10.3. The van der Waals surface area contributed by atoms with Crippen molar-refractivity contribution in [3.63, 3.8) is 0 Å². The van der Waals surface area contributed by atoms with Crippen molar-refractivity contribution in [1.29, 1.82) is 0 Å². The molecule has 12 heteroatoms. The molecule has 188 valence electrons. The summed E-state index contributed by atoms with van der Waals surface area (Å²) in [5.41, 5.74) is 0.0593. The Bertz CT molecular complexity index is 1370. The molecule has 0 unspecified atom stereocenters. The summed E-state index contributed by atoms with van der Waals surface area (Å²) < 4.78 is 43.2. The highest BCUT2D eigenvalue weighted by atomic mass is 35.5. The van der Waals surface area contributed by atoms with Crippen LogP contribution < -0.4 is 20.8 Å². The van der Waals surface area contributed by atoms with Gasteiger partial charge in [0.1, 0.15) is 18.3 Å².